The fraction of sp³-hybridized carbons (Fsp3) is 0.333. The summed E-state index contributed by atoms with van der Waals surface area (Å²) in [6, 6.07) is 17.1. The van der Waals surface area contributed by atoms with Gasteiger partial charge in [-0.3, -0.25) is 9.62 Å². The van der Waals surface area contributed by atoms with Gasteiger partial charge in [-0.15, -0.1) is 0 Å². The molecule has 1 heterocycles. The Hall–Kier alpha value is -4.13. The standard InChI is InChI=1S/C30H33N3O8S/c1-17(2)41-24-14-20-16-33(15-18-7-4-3-5-8-18)28(24)27(20)31-22-9-6-10-25(26(22)30(37)38)42(39,40)32-21-12-11-19(29(35)36)13-23(21)34/h3-13,17,20,24,27-28,31-32,34H,14-16H2,1-2H3,(H,35,36)(H,37,38). The van der Waals surface area contributed by atoms with Gasteiger partial charge in [0.05, 0.1) is 35.2 Å². The summed E-state index contributed by atoms with van der Waals surface area (Å²) in [7, 11) is -4.50. The summed E-state index contributed by atoms with van der Waals surface area (Å²) >= 11 is 0. The predicted octanol–water partition coefficient (Wildman–Crippen LogP) is 4.07. The van der Waals surface area contributed by atoms with Crippen molar-refractivity contribution in [2.24, 2.45) is 5.92 Å². The monoisotopic (exact) mass is 595 g/mol. The van der Waals surface area contributed by atoms with Gasteiger partial charge in [-0.1, -0.05) is 36.4 Å². The second kappa shape index (κ2) is 11.6. The summed E-state index contributed by atoms with van der Waals surface area (Å²) in [5.74, 6) is -3.20. The van der Waals surface area contributed by atoms with E-state index in [0.29, 0.717) is 6.54 Å². The third-order valence-electron chi connectivity index (χ3n) is 7.70. The predicted molar refractivity (Wildman–Crippen MR) is 155 cm³/mol. The Morgan fingerprint density at radius 1 is 1.00 bits per heavy atom. The summed E-state index contributed by atoms with van der Waals surface area (Å²) in [6.07, 6.45) is 0.714. The van der Waals surface area contributed by atoms with Gasteiger partial charge in [0.1, 0.15) is 16.2 Å². The molecule has 12 heteroatoms. The van der Waals surface area contributed by atoms with Crippen LogP contribution in [0.2, 0.25) is 0 Å². The van der Waals surface area contributed by atoms with Crippen molar-refractivity contribution in [3.63, 3.8) is 0 Å². The highest BCUT2D eigenvalue weighted by molar-refractivity contribution is 7.92. The first-order valence-corrected chi connectivity index (χ1v) is 15.1. The van der Waals surface area contributed by atoms with E-state index in [2.05, 4.69) is 27.1 Å². The molecule has 2 bridgehead atoms. The minimum absolute atomic E-state index is 0.00341. The molecule has 3 aromatic rings. The minimum atomic E-state index is -4.50. The quantitative estimate of drug-likeness (QED) is 0.204. The Balaban J connectivity index is 1.45. The maximum absolute atomic E-state index is 13.4. The van der Waals surface area contributed by atoms with E-state index in [4.69, 9.17) is 9.84 Å². The maximum Gasteiger partial charge on any atom is 0.339 e. The lowest BCUT2D eigenvalue weighted by molar-refractivity contribution is -0.0442. The van der Waals surface area contributed by atoms with Crippen LogP contribution in [-0.2, 0) is 21.3 Å². The Morgan fingerprint density at radius 3 is 2.38 bits per heavy atom. The van der Waals surface area contributed by atoms with E-state index < -0.39 is 38.2 Å². The number of aromatic hydroxyl groups is 1. The summed E-state index contributed by atoms with van der Waals surface area (Å²) in [6.45, 7) is 5.44. The zero-order valence-corrected chi connectivity index (χ0v) is 23.9. The van der Waals surface area contributed by atoms with E-state index in [-0.39, 0.29) is 47.1 Å². The largest absolute Gasteiger partial charge is 0.506 e. The van der Waals surface area contributed by atoms with Crippen LogP contribution < -0.4 is 10.0 Å². The number of carbonyl (C=O) groups is 2. The molecule has 0 aromatic heterocycles. The van der Waals surface area contributed by atoms with E-state index in [1.54, 1.807) is 6.07 Å². The third-order valence-corrected chi connectivity index (χ3v) is 9.11. The van der Waals surface area contributed by atoms with Crippen LogP contribution in [0.5, 0.6) is 5.75 Å². The van der Waals surface area contributed by atoms with Crippen molar-refractivity contribution in [3.8, 4) is 5.75 Å². The number of phenols is 1. The molecule has 1 saturated heterocycles. The fourth-order valence-electron chi connectivity index (χ4n) is 6.07. The van der Waals surface area contributed by atoms with Gasteiger partial charge in [0.25, 0.3) is 10.0 Å². The molecule has 4 atom stereocenters. The van der Waals surface area contributed by atoms with E-state index in [1.807, 2.05) is 32.0 Å². The molecule has 1 saturated carbocycles. The van der Waals surface area contributed by atoms with Crippen LogP contribution in [0.4, 0.5) is 11.4 Å². The lowest BCUT2D eigenvalue weighted by Crippen LogP contribution is -2.46. The molecule has 222 valence electrons. The molecule has 1 aliphatic heterocycles. The average Bonchev–Trinajstić information content (AvgIpc) is 3.41. The Labute approximate surface area is 243 Å². The average molecular weight is 596 g/mol. The van der Waals surface area contributed by atoms with Crippen molar-refractivity contribution in [2.75, 3.05) is 16.6 Å². The molecule has 4 unspecified atom stereocenters. The number of likely N-dealkylation sites (tertiary alicyclic amines) is 1. The summed E-state index contributed by atoms with van der Waals surface area (Å²) < 4.78 is 35.3. The molecular formula is C30H33N3O8S. The van der Waals surface area contributed by atoms with Gasteiger partial charge in [-0.2, -0.15) is 0 Å². The fourth-order valence-corrected chi connectivity index (χ4v) is 7.37. The van der Waals surface area contributed by atoms with Crippen LogP contribution in [0.3, 0.4) is 0 Å². The number of benzene rings is 3. The molecule has 42 heavy (non-hydrogen) atoms. The molecule has 1 aliphatic carbocycles. The number of phenolic OH excluding ortho intramolecular Hbond substituents is 1. The molecule has 0 amide bonds. The second-order valence-corrected chi connectivity index (χ2v) is 12.6. The Bertz CT molecular complexity index is 1600. The van der Waals surface area contributed by atoms with E-state index in [0.717, 1.165) is 36.7 Å². The lowest BCUT2D eigenvalue weighted by Gasteiger charge is -2.34. The normalized spacial score (nSPS) is 21.9. The number of anilines is 2. The van der Waals surface area contributed by atoms with Gasteiger partial charge >= 0.3 is 11.9 Å². The molecule has 5 N–H and O–H groups in total. The van der Waals surface area contributed by atoms with Crippen molar-refractivity contribution < 1.29 is 38.1 Å². The SMILES string of the molecule is CC(C)OC1CC2CN(Cc3ccccc3)C1C2Nc1cccc(S(=O)(=O)Nc2ccc(C(=O)O)cc2O)c1C(=O)O. The highest BCUT2D eigenvalue weighted by atomic mass is 32.2. The summed E-state index contributed by atoms with van der Waals surface area (Å²) in [4.78, 5) is 25.5. The lowest BCUT2D eigenvalue weighted by atomic mass is 10.0. The molecule has 5 rings (SSSR count). The summed E-state index contributed by atoms with van der Waals surface area (Å²) in [5.41, 5.74) is 0.350. The van der Waals surface area contributed by atoms with Crippen LogP contribution in [0.1, 0.15) is 46.5 Å². The number of sulfonamides is 1. The molecule has 3 aromatic carbocycles. The van der Waals surface area contributed by atoms with Gasteiger partial charge in [-0.25, -0.2) is 18.0 Å². The summed E-state index contributed by atoms with van der Waals surface area (Å²) in [5, 5.41) is 32.9. The molecular weight excluding hydrogens is 562 g/mol. The Morgan fingerprint density at radius 2 is 1.74 bits per heavy atom. The minimum Gasteiger partial charge on any atom is -0.506 e. The van der Waals surface area contributed by atoms with Gasteiger partial charge < -0.3 is 25.4 Å². The van der Waals surface area contributed by atoms with E-state index in [9.17, 15) is 28.2 Å². The molecule has 0 spiro atoms. The first-order valence-electron chi connectivity index (χ1n) is 13.6. The zero-order valence-electron chi connectivity index (χ0n) is 23.1. The first-order chi connectivity index (χ1) is 19.9. The van der Waals surface area contributed by atoms with E-state index >= 15 is 0 Å². The highest BCUT2D eigenvalue weighted by Crippen LogP contribution is 2.43. The number of carboxylic acid groups (broad SMARTS) is 2. The van der Waals surface area contributed by atoms with Gasteiger partial charge in [-0.05, 0) is 62.1 Å². The van der Waals surface area contributed by atoms with Crippen LogP contribution in [-0.4, -0.2) is 71.4 Å². The number of rotatable bonds is 11. The zero-order chi connectivity index (χ0) is 30.2. The van der Waals surface area contributed by atoms with Crippen molar-refractivity contribution >= 4 is 33.3 Å². The molecule has 11 nitrogen and oxygen atoms in total. The maximum atomic E-state index is 13.4. The number of hydrogen-bond donors (Lipinski definition) is 5. The number of nitrogens with one attached hydrogen (secondary N) is 2. The van der Waals surface area contributed by atoms with Crippen molar-refractivity contribution in [3.05, 3.63) is 83.4 Å². The smallest absolute Gasteiger partial charge is 0.339 e. The van der Waals surface area contributed by atoms with Gasteiger partial charge in [0.2, 0.25) is 0 Å². The highest BCUT2D eigenvalue weighted by Gasteiger charge is 2.53. The number of nitrogens with zero attached hydrogens (tertiary/aromatic N) is 1. The number of carboxylic acids is 2. The number of ether oxygens (including phenoxy) is 1. The number of aromatic carboxylic acids is 2. The first kappa shape index (κ1) is 29.4. The number of fused-ring (bicyclic) bond motifs is 2. The van der Waals surface area contributed by atoms with Crippen LogP contribution >= 0.6 is 0 Å². The second-order valence-electron chi connectivity index (χ2n) is 10.9. The van der Waals surface area contributed by atoms with Crippen molar-refractivity contribution in [1.82, 2.24) is 4.90 Å². The van der Waals surface area contributed by atoms with Gasteiger partial charge in [0.15, 0.2) is 0 Å². The van der Waals surface area contributed by atoms with Gasteiger partial charge in [0, 0.05) is 19.1 Å². The molecule has 2 aliphatic rings. The molecule has 0 radical (unpaired) electrons. The molecule has 2 fully saturated rings. The van der Waals surface area contributed by atoms with Crippen LogP contribution in [0, 0.1) is 5.92 Å². The van der Waals surface area contributed by atoms with Crippen LogP contribution in [0.25, 0.3) is 0 Å². The van der Waals surface area contributed by atoms with E-state index in [1.165, 1.54) is 12.1 Å². The van der Waals surface area contributed by atoms with Crippen molar-refractivity contribution in [2.45, 2.75) is 56.0 Å². The van der Waals surface area contributed by atoms with Crippen molar-refractivity contribution in [1.29, 1.82) is 0 Å². The number of hydrogen-bond acceptors (Lipinski definition) is 8. The topological polar surface area (TPSA) is 166 Å². The third kappa shape index (κ3) is 5.91. The van der Waals surface area contributed by atoms with Crippen LogP contribution in [0.15, 0.2) is 71.6 Å². The number of piperidine rings is 1. The Kier molecular flexibility index (Phi) is 8.13.